The maximum Gasteiger partial charge on any atom is 0.355 e. The molecule has 0 aliphatic carbocycles. The molecule has 10 heteroatoms. The van der Waals surface area contributed by atoms with E-state index in [0.29, 0.717) is 5.01 Å². The van der Waals surface area contributed by atoms with Crippen LogP contribution in [0, 0.1) is 0 Å². The van der Waals surface area contributed by atoms with Crippen LogP contribution >= 0.6 is 11.3 Å². The quantitative estimate of drug-likeness (QED) is 0.713. The van der Waals surface area contributed by atoms with Gasteiger partial charge in [-0.3, -0.25) is 5.10 Å². The summed E-state index contributed by atoms with van der Waals surface area (Å²) in [4.78, 5) is 14.4. The van der Waals surface area contributed by atoms with Crippen molar-refractivity contribution < 1.29 is 18.3 Å². The second kappa shape index (κ2) is 4.84. The first kappa shape index (κ1) is 12.7. The van der Waals surface area contributed by atoms with E-state index in [1.54, 1.807) is 0 Å². The summed E-state index contributed by atoms with van der Waals surface area (Å²) in [6, 6.07) is 1.31. The Balaban J connectivity index is 2.05. The number of sulfonamides is 1. The van der Waals surface area contributed by atoms with Crippen molar-refractivity contribution in [3.05, 3.63) is 28.3 Å². The fraction of sp³-hybridized carbons (Fsp3) is 0.125. The molecule has 96 valence electrons. The van der Waals surface area contributed by atoms with Crippen molar-refractivity contribution in [2.24, 2.45) is 0 Å². The van der Waals surface area contributed by atoms with Gasteiger partial charge in [0.1, 0.15) is 5.01 Å². The van der Waals surface area contributed by atoms with Crippen molar-refractivity contribution in [1.82, 2.24) is 19.9 Å². The maximum atomic E-state index is 11.7. The number of nitrogens with zero attached hydrogens (tertiary/aromatic N) is 2. The van der Waals surface area contributed by atoms with Crippen molar-refractivity contribution >= 4 is 27.3 Å². The van der Waals surface area contributed by atoms with E-state index in [2.05, 4.69) is 19.9 Å². The van der Waals surface area contributed by atoms with Gasteiger partial charge in [0, 0.05) is 5.38 Å². The van der Waals surface area contributed by atoms with E-state index in [0.717, 1.165) is 11.3 Å². The molecule has 0 saturated carbocycles. The van der Waals surface area contributed by atoms with Crippen LogP contribution < -0.4 is 4.72 Å². The van der Waals surface area contributed by atoms with Crippen molar-refractivity contribution in [3.63, 3.8) is 0 Å². The number of hydrogen-bond acceptors (Lipinski definition) is 6. The molecule has 0 fully saturated rings. The Morgan fingerprint density at radius 2 is 2.33 bits per heavy atom. The third kappa shape index (κ3) is 2.72. The highest BCUT2D eigenvalue weighted by Gasteiger charge is 2.16. The summed E-state index contributed by atoms with van der Waals surface area (Å²) in [5.74, 6) is -1.14. The molecule has 2 rings (SSSR count). The molecule has 0 saturated heterocycles. The topological polar surface area (TPSA) is 125 Å². The van der Waals surface area contributed by atoms with E-state index < -0.39 is 16.0 Å². The zero-order valence-electron chi connectivity index (χ0n) is 8.82. The van der Waals surface area contributed by atoms with Gasteiger partial charge in [-0.05, 0) is 6.07 Å². The second-order valence-corrected chi connectivity index (χ2v) is 5.86. The van der Waals surface area contributed by atoms with Gasteiger partial charge in [0.05, 0.1) is 12.7 Å². The van der Waals surface area contributed by atoms with Gasteiger partial charge in [0.15, 0.2) is 10.7 Å². The molecule has 0 radical (unpaired) electrons. The standard InChI is InChI=1S/C8H8N4O4S2/c13-8(14)5-4-17-6(11-5)3-10-18(15,16)7-1-2-9-12-7/h1-2,4,10H,3H2,(H,9,12)(H,13,14). The van der Waals surface area contributed by atoms with Crippen LogP contribution in [0.15, 0.2) is 22.7 Å². The summed E-state index contributed by atoms with van der Waals surface area (Å²) in [6.45, 7) is -0.0701. The molecule has 0 aliphatic heterocycles. The first-order valence-corrected chi connectivity index (χ1v) is 7.02. The molecule has 0 unspecified atom stereocenters. The van der Waals surface area contributed by atoms with Crippen molar-refractivity contribution in [2.75, 3.05) is 0 Å². The average molecular weight is 288 g/mol. The first-order valence-electron chi connectivity index (χ1n) is 4.66. The molecule has 0 spiro atoms. The lowest BCUT2D eigenvalue weighted by Crippen LogP contribution is -2.23. The van der Waals surface area contributed by atoms with Gasteiger partial charge < -0.3 is 5.11 Å². The Morgan fingerprint density at radius 3 is 2.89 bits per heavy atom. The van der Waals surface area contributed by atoms with Gasteiger partial charge in [-0.25, -0.2) is 22.9 Å². The van der Waals surface area contributed by atoms with Crippen LogP contribution in [0.5, 0.6) is 0 Å². The number of carboxylic acid groups (broad SMARTS) is 1. The first-order chi connectivity index (χ1) is 8.49. The van der Waals surface area contributed by atoms with E-state index in [4.69, 9.17) is 5.11 Å². The van der Waals surface area contributed by atoms with Gasteiger partial charge in [-0.1, -0.05) is 0 Å². The Morgan fingerprint density at radius 1 is 1.56 bits per heavy atom. The molecular weight excluding hydrogens is 280 g/mol. The Hall–Kier alpha value is -1.78. The molecule has 8 nitrogen and oxygen atoms in total. The Bertz CT molecular complexity index is 646. The van der Waals surface area contributed by atoms with Crippen LogP contribution in [-0.2, 0) is 16.6 Å². The molecule has 2 aromatic heterocycles. The molecular formula is C8H8N4O4S2. The van der Waals surface area contributed by atoms with Crippen molar-refractivity contribution in [3.8, 4) is 0 Å². The summed E-state index contributed by atoms with van der Waals surface area (Å²) in [7, 11) is -3.67. The molecule has 0 aromatic carbocycles. The zero-order valence-corrected chi connectivity index (χ0v) is 10.5. The van der Waals surface area contributed by atoms with Crippen molar-refractivity contribution in [1.29, 1.82) is 0 Å². The molecule has 2 heterocycles. The van der Waals surface area contributed by atoms with Gasteiger partial charge in [-0.2, -0.15) is 5.10 Å². The predicted octanol–water partition coefficient (Wildman–Crippen LogP) is 0.0429. The van der Waals surface area contributed by atoms with E-state index >= 15 is 0 Å². The third-order valence-electron chi connectivity index (χ3n) is 1.95. The number of H-pyrrole nitrogens is 1. The largest absolute Gasteiger partial charge is 0.476 e. The maximum absolute atomic E-state index is 11.7. The van der Waals surface area contributed by atoms with Crippen LogP contribution in [0.4, 0.5) is 0 Å². The monoisotopic (exact) mass is 288 g/mol. The van der Waals surface area contributed by atoms with Crippen LogP contribution in [0.25, 0.3) is 0 Å². The fourth-order valence-electron chi connectivity index (χ4n) is 1.12. The highest BCUT2D eigenvalue weighted by Crippen LogP contribution is 2.11. The number of carboxylic acids is 1. The highest BCUT2D eigenvalue weighted by atomic mass is 32.2. The SMILES string of the molecule is O=C(O)c1csc(CNS(=O)(=O)c2ccn[nH]2)n1. The number of thiazole rings is 1. The minimum absolute atomic E-state index is 0.0579. The number of hydrogen-bond donors (Lipinski definition) is 3. The number of aromatic nitrogens is 3. The van der Waals surface area contributed by atoms with E-state index in [1.165, 1.54) is 17.6 Å². The van der Waals surface area contributed by atoms with Crippen LogP contribution in [0.3, 0.4) is 0 Å². The number of nitrogens with one attached hydrogen (secondary N) is 2. The predicted molar refractivity (Wildman–Crippen MR) is 61.7 cm³/mol. The third-order valence-corrected chi connectivity index (χ3v) is 4.13. The van der Waals surface area contributed by atoms with Gasteiger partial charge >= 0.3 is 5.97 Å². The summed E-state index contributed by atoms with van der Waals surface area (Å²) >= 11 is 1.07. The van der Waals surface area contributed by atoms with Gasteiger partial charge in [0.2, 0.25) is 0 Å². The normalized spacial score (nSPS) is 11.6. The van der Waals surface area contributed by atoms with E-state index in [1.807, 2.05) is 0 Å². The molecule has 18 heavy (non-hydrogen) atoms. The molecule has 0 atom stereocenters. The number of aromatic amines is 1. The van der Waals surface area contributed by atoms with Gasteiger partial charge in [-0.15, -0.1) is 11.3 Å². The molecule has 0 bridgehead atoms. The lowest BCUT2D eigenvalue weighted by molar-refractivity contribution is 0.0691. The highest BCUT2D eigenvalue weighted by molar-refractivity contribution is 7.89. The Labute approximate surface area is 106 Å². The number of carbonyl (C=O) groups is 1. The fourth-order valence-corrected chi connectivity index (χ4v) is 2.81. The van der Waals surface area contributed by atoms with E-state index in [-0.39, 0.29) is 17.3 Å². The molecule has 0 amide bonds. The molecule has 3 N–H and O–H groups in total. The summed E-state index contributed by atoms with van der Waals surface area (Å²) in [6.07, 6.45) is 1.32. The average Bonchev–Trinajstić information content (AvgIpc) is 2.98. The minimum Gasteiger partial charge on any atom is -0.476 e. The molecule has 0 aliphatic rings. The van der Waals surface area contributed by atoms with Gasteiger partial charge in [0.25, 0.3) is 10.0 Å². The van der Waals surface area contributed by atoms with Crippen LogP contribution in [-0.4, -0.2) is 34.7 Å². The minimum atomic E-state index is -3.67. The lowest BCUT2D eigenvalue weighted by Gasteiger charge is -2.01. The number of rotatable bonds is 5. The summed E-state index contributed by atoms with van der Waals surface area (Å²) in [5.41, 5.74) is -0.101. The lowest BCUT2D eigenvalue weighted by atomic mass is 10.5. The number of aromatic carboxylic acids is 1. The molecule has 2 aromatic rings. The van der Waals surface area contributed by atoms with Crippen molar-refractivity contribution in [2.45, 2.75) is 11.6 Å². The summed E-state index contributed by atoms with van der Waals surface area (Å²) in [5, 5.41) is 16.2. The van der Waals surface area contributed by atoms with Crippen LogP contribution in [0.1, 0.15) is 15.5 Å². The zero-order chi connectivity index (χ0) is 13.2. The second-order valence-electron chi connectivity index (χ2n) is 3.18. The smallest absolute Gasteiger partial charge is 0.355 e. The summed E-state index contributed by atoms with van der Waals surface area (Å²) < 4.78 is 25.7. The van der Waals surface area contributed by atoms with Crippen LogP contribution in [0.2, 0.25) is 0 Å². The Kier molecular flexibility index (Phi) is 3.41. The van der Waals surface area contributed by atoms with E-state index in [9.17, 15) is 13.2 Å².